The Balaban J connectivity index is 2.89. The second-order valence-electron chi connectivity index (χ2n) is 2.52. The number of hydrogen-bond donors (Lipinski definition) is 1. The second kappa shape index (κ2) is 2.81. The van der Waals surface area contributed by atoms with Crippen LogP contribution in [0.15, 0.2) is 23.0 Å². The molecular formula is C8H4ClFN2O. The maximum absolute atomic E-state index is 12.7. The summed E-state index contributed by atoms with van der Waals surface area (Å²) in [5, 5.41) is -0.140. The Morgan fingerprint density at radius 2 is 2.23 bits per heavy atom. The maximum Gasteiger partial charge on any atom is 0.286 e. The molecule has 0 atom stereocenters. The first kappa shape index (κ1) is 8.19. The summed E-state index contributed by atoms with van der Waals surface area (Å²) in [6, 6.07) is 3.90. The Morgan fingerprint density at radius 1 is 1.46 bits per heavy atom. The molecule has 0 aliphatic heterocycles. The molecule has 0 bridgehead atoms. The van der Waals surface area contributed by atoms with E-state index in [1.54, 1.807) is 0 Å². The van der Waals surface area contributed by atoms with E-state index in [2.05, 4.69) is 9.97 Å². The van der Waals surface area contributed by atoms with Crippen LogP contribution in [0.5, 0.6) is 0 Å². The molecule has 3 nitrogen and oxygen atoms in total. The summed E-state index contributed by atoms with van der Waals surface area (Å²) in [6.45, 7) is 0. The standard InChI is InChI=1S/C8H4ClFN2O/c9-7-8(13)12-6-3-4(10)1-2-5(6)11-7/h1-3H,(H,12,13). The number of aromatic nitrogens is 2. The highest BCUT2D eigenvalue weighted by Gasteiger charge is 2.01. The Labute approximate surface area is 77.2 Å². The number of halogens is 2. The van der Waals surface area contributed by atoms with Crippen LogP contribution in [0.4, 0.5) is 4.39 Å². The van der Waals surface area contributed by atoms with Gasteiger partial charge in [-0.15, -0.1) is 0 Å². The van der Waals surface area contributed by atoms with E-state index >= 15 is 0 Å². The first-order valence-electron chi connectivity index (χ1n) is 3.52. The van der Waals surface area contributed by atoms with E-state index in [9.17, 15) is 9.18 Å². The molecule has 0 radical (unpaired) electrons. The highest BCUT2D eigenvalue weighted by Crippen LogP contribution is 2.10. The van der Waals surface area contributed by atoms with Crippen LogP contribution in [0.1, 0.15) is 0 Å². The van der Waals surface area contributed by atoms with Gasteiger partial charge in [0.25, 0.3) is 5.56 Å². The lowest BCUT2D eigenvalue weighted by Gasteiger charge is -1.96. The maximum atomic E-state index is 12.7. The Bertz CT molecular complexity index is 523. The SMILES string of the molecule is O=c1[nH]c2cc(F)ccc2nc1Cl. The van der Waals surface area contributed by atoms with Crippen molar-refractivity contribution in [3.63, 3.8) is 0 Å². The molecule has 1 heterocycles. The van der Waals surface area contributed by atoms with Crippen molar-refractivity contribution in [2.75, 3.05) is 0 Å². The molecule has 0 aliphatic carbocycles. The zero-order valence-corrected chi connectivity index (χ0v) is 7.10. The normalized spacial score (nSPS) is 10.6. The number of hydrogen-bond acceptors (Lipinski definition) is 2. The molecule has 0 saturated heterocycles. The minimum absolute atomic E-state index is 0.140. The zero-order valence-electron chi connectivity index (χ0n) is 6.34. The summed E-state index contributed by atoms with van der Waals surface area (Å²) in [5.41, 5.74) is 0.292. The molecule has 66 valence electrons. The van der Waals surface area contributed by atoms with Crippen molar-refractivity contribution >= 4 is 22.6 Å². The Kier molecular flexibility index (Phi) is 1.77. The number of H-pyrrole nitrogens is 1. The quantitative estimate of drug-likeness (QED) is 0.701. The van der Waals surface area contributed by atoms with Gasteiger partial charge in [-0.3, -0.25) is 4.79 Å². The summed E-state index contributed by atoms with van der Waals surface area (Å²) >= 11 is 5.48. The van der Waals surface area contributed by atoms with E-state index in [0.717, 1.165) is 0 Å². The van der Waals surface area contributed by atoms with Crippen molar-refractivity contribution < 1.29 is 4.39 Å². The minimum Gasteiger partial charge on any atom is -0.318 e. The molecular weight excluding hydrogens is 195 g/mol. The predicted molar refractivity (Wildman–Crippen MR) is 47.3 cm³/mol. The van der Waals surface area contributed by atoms with Crippen LogP contribution in [0.25, 0.3) is 11.0 Å². The second-order valence-corrected chi connectivity index (χ2v) is 2.88. The van der Waals surface area contributed by atoms with E-state index in [-0.39, 0.29) is 5.15 Å². The van der Waals surface area contributed by atoms with Gasteiger partial charge in [0.15, 0.2) is 5.15 Å². The van der Waals surface area contributed by atoms with E-state index in [1.165, 1.54) is 18.2 Å². The van der Waals surface area contributed by atoms with Crippen molar-refractivity contribution in [2.24, 2.45) is 0 Å². The smallest absolute Gasteiger partial charge is 0.286 e. The zero-order chi connectivity index (χ0) is 9.42. The molecule has 0 aliphatic rings. The van der Waals surface area contributed by atoms with Gasteiger partial charge in [-0.2, -0.15) is 0 Å². The van der Waals surface area contributed by atoms with Crippen molar-refractivity contribution in [3.8, 4) is 0 Å². The van der Waals surface area contributed by atoms with Crippen LogP contribution in [0, 0.1) is 5.82 Å². The lowest BCUT2D eigenvalue weighted by molar-refractivity contribution is 0.629. The minimum atomic E-state index is -0.514. The van der Waals surface area contributed by atoms with E-state index < -0.39 is 11.4 Å². The third kappa shape index (κ3) is 1.40. The van der Waals surface area contributed by atoms with Crippen LogP contribution in [0.3, 0.4) is 0 Å². The van der Waals surface area contributed by atoms with Gasteiger partial charge in [-0.05, 0) is 18.2 Å². The van der Waals surface area contributed by atoms with Crippen molar-refractivity contribution in [1.29, 1.82) is 0 Å². The van der Waals surface area contributed by atoms with Gasteiger partial charge >= 0.3 is 0 Å². The molecule has 0 spiro atoms. The molecule has 1 aromatic carbocycles. The van der Waals surface area contributed by atoms with Gasteiger partial charge in [-0.25, -0.2) is 9.37 Å². The number of nitrogens with zero attached hydrogens (tertiary/aromatic N) is 1. The van der Waals surface area contributed by atoms with Gasteiger partial charge < -0.3 is 4.98 Å². The van der Waals surface area contributed by atoms with Gasteiger partial charge in [0, 0.05) is 0 Å². The van der Waals surface area contributed by atoms with Crippen LogP contribution in [-0.2, 0) is 0 Å². The van der Waals surface area contributed by atoms with E-state index in [0.29, 0.717) is 11.0 Å². The predicted octanol–water partition coefficient (Wildman–Crippen LogP) is 1.72. The summed E-state index contributed by atoms with van der Waals surface area (Å²) < 4.78 is 12.7. The molecule has 13 heavy (non-hydrogen) atoms. The highest BCUT2D eigenvalue weighted by atomic mass is 35.5. The van der Waals surface area contributed by atoms with Crippen LogP contribution in [0.2, 0.25) is 5.15 Å². The molecule has 2 rings (SSSR count). The fourth-order valence-corrected chi connectivity index (χ4v) is 1.17. The third-order valence-electron chi connectivity index (χ3n) is 1.61. The summed E-state index contributed by atoms with van der Waals surface area (Å²) in [4.78, 5) is 17.2. The molecule has 0 unspecified atom stereocenters. The van der Waals surface area contributed by atoms with Crippen LogP contribution < -0.4 is 5.56 Å². The summed E-state index contributed by atoms with van der Waals surface area (Å²) in [7, 11) is 0. The van der Waals surface area contributed by atoms with Crippen LogP contribution >= 0.6 is 11.6 Å². The fourth-order valence-electron chi connectivity index (χ4n) is 1.04. The topological polar surface area (TPSA) is 45.8 Å². The van der Waals surface area contributed by atoms with Crippen LogP contribution in [-0.4, -0.2) is 9.97 Å². The molecule has 2 aromatic rings. The Hall–Kier alpha value is -1.42. The number of nitrogens with one attached hydrogen (secondary N) is 1. The van der Waals surface area contributed by atoms with Crippen molar-refractivity contribution in [1.82, 2.24) is 9.97 Å². The molecule has 1 aromatic heterocycles. The Morgan fingerprint density at radius 3 is 3.00 bits per heavy atom. The average molecular weight is 199 g/mol. The van der Waals surface area contributed by atoms with Crippen molar-refractivity contribution in [3.05, 3.63) is 39.5 Å². The fraction of sp³-hybridized carbons (Fsp3) is 0. The van der Waals surface area contributed by atoms with E-state index in [4.69, 9.17) is 11.6 Å². The first-order valence-corrected chi connectivity index (χ1v) is 3.90. The number of benzene rings is 1. The third-order valence-corrected chi connectivity index (χ3v) is 1.87. The monoisotopic (exact) mass is 198 g/mol. The number of rotatable bonds is 0. The van der Waals surface area contributed by atoms with E-state index in [1.807, 2.05) is 0 Å². The first-order chi connectivity index (χ1) is 6.16. The van der Waals surface area contributed by atoms with Crippen molar-refractivity contribution in [2.45, 2.75) is 0 Å². The number of fused-ring (bicyclic) bond motifs is 1. The summed E-state index contributed by atoms with van der Waals surface area (Å²) in [6.07, 6.45) is 0. The molecule has 0 saturated carbocycles. The summed E-state index contributed by atoms with van der Waals surface area (Å²) in [5.74, 6) is -0.424. The van der Waals surface area contributed by atoms with Gasteiger partial charge in [-0.1, -0.05) is 11.6 Å². The average Bonchev–Trinajstić information content (AvgIpc) is 2.08. The molecule has 0 fully saturated rings. The molecule has 1 N–H and O–H groups in total. The number of aromatic amines is 1. The van der Waals surface area contributed by atoms with Gasteiger partial charge in [0.2, 0.25) is 0 Å². The lowest BCUT2D eigenvalue weighted by atomic mass is 10.3. The largest absolute Gasteiger partial charge is 0.318 e. The molecule has 5 heteroatoms. The molecule has 0 amide bonds. The van der Waals surface area contributed by atoms with Gasteiger partial charge in [0.05, 0.1) is 11.0 Å². The highest BCUT2D eigenvalue weighted by molar-refractivity contribution is 6.29. The van der Waals surface area contributed by atoms with Gasteiger partial charge in [0.1, 0.15) is 5.82 Å². The lowest BCUT2D eigenvalue weighted by Crippen LogP contribution is -2.08.